The minimum Gasteiger partial charge on any atom is -0.383 e. The van der Waals surface area contributed by atoms with E-state index in [2.05, 4.69) is 17.1 Å². The van der Waals surface area contributed by atoms with E-state index in [4.69, 9.17) is 15.2 Å². The maximum absolute atomic E-state index is 11.8. The third-order valence-corrected chi connectivity index (χ3v) is 3.28. The Labute approximate surface area is 123 Å². The number of nitrogens with two attached hydrogens (primary N) is 1. The molecule has 0 saturated heterocycles. The Morgan fingerprint density at radius 1 is 1.30 bits per heavy atom. The lowest BCUT2D eigenvalue weighted by atomic mass is 9.98. The summed E-state index contributed by atoms with van der Waals surface area (Å²) < 4.78 is 10.3. The topological polar surface area (TPSA) is 76.8 Å². The summed E-state index contributed by atoms with van der Waals surface area (Å²) >= 11 is 0. The molecule has 3 N–H and O–H groups in total. The minimum absolute atomic E-state index is 0.175. The number of carbonyl (C=O) groups excluding carboxylic acids is 1. The Morgan fingerprint density at radius 3 is 2.30 bits per heavy atom. The number of primary amides is 1. The molecular formula is C14H31N3O3. The van der Waals surface area contributed by atoms with Gasteiger partial charge in [-0.3, -0.25) is 9.69 Å². The van der Waals surface area contributed by atoms with Gasteiger partial charge in [-0.1, -0.05) is 0 Å². The molecule has 6 heteroatoms. The lowest BCUT2D eigenvalue weighted by molar-refractivity contribution is -0.125. The van der Waals surface area contributed by atoms with Gasteiger partial charge in [0, 0.05) is 39.4 Å². The van der Waals surface area contributed by atoms with Crippen LogP contribution >= 0.6 is 0 Å². The fourth-order valence-electron chi connectivity index (χ4n) is 2.25. The number of nitrogens with zero attached hydrogens (tertiary/aromatic N) is 1. The molecule has 20 heavy (non-hydrogen) atoms. The first kappa shape index (κ1) is 19.3. The third-order valence-electron chi connectivity index (χ3n) is 3.28. The highest BCUT2D eigenvalue weighted by atomic mass is 16.5. The van der Waals surface area contributed by atoms with E-state index in [0.717, 1.165) is 6.54 Å². The van der Waals surface area contributed by atoms with Crippen molar-refractivity contribution in [3.8, 4) is 0 Å². The summed E-state index contributed by atoms with van der Waals surface area (Å²) in [6.45, 7) is 10.4. The highest BCUT2D eigenvalue weighted by molar-refractivity contribution is 5.84. The molecule has 0 aromatic heterocycles. The number of ether oxygens (including phenoxy) is 2. The van der Waals surface area contributed by atoms with Gasteiger partial charge in [-0.25, -0.2) is 0 Å². The molecule has 0 aliphatic heterocycles. The zero-order valence-electron chi connectivity index (χ0n) is 13.7. The van der Waals surface area contributed by atoms with Crippen LogP contribution in [-0.4, -0.2) is 69.0 Å². The highest BCUT2D eigenvalue weighted by Gasteiger charge is 2.34. The number of hydrogen-bond acceptors (Lipinski definition) is 5. The predicted molar refractivity (Wildman–Crippen MR) is 80.7 cm³/mol. The average Bonchev–Trinajstić information content (AvgIpc) is 2.33. The molecule has 0 aromatic rings. The molecule has 0 fully saturated rings. The van der Waals surface area contributed by atoms with E-state index >= 15 is 0 Å². The van der Waals surface area contributed by atoms with E-state index in [1.807, 2.05) is 20.8 Å². The van der Waals surface area contributed by atoms with Crippen LogP contribution in [0, 0.1) is 0 Å². The normalized spacial score (nSPS) is 16.4. The Balaban J connectivity index is 4.91. The summed E-state index contributed by atoms with van der Waals surface area (Å²) in [7, 11) is 3.34. The predicted octanol–water partition coefficient (Wildman–Crippen LogP) is 0.212. The van der Waals surface area contributed by atoms with Crippen LogP contribution in [0.5, 0.6) is 0 Å². The van der Waals surface area contributed by atoms with Gasteiger partial charge in [0.15, 0.2) is 0 Å². The molecule has 6 nitrogen and oxygen atoms in total. The summed E-state index contributed by atoms with van der Waals surface area (Å²) in [5.74, 6) is -0.349. The number of amides is 1. The second-order valence-electron chi connectivity index (χ2n) is 5.76. The molecule has 2 unspecified atom stereocenters. The first-order valence-corrected chi connectivity index (χ1v) is 7.06. The van der Waals surface area contributed by atoms with Gasteiger partial charge in [0.2, 0.25) is 5.91 Å². The fraction of sp³-hybridized carbons (Fsp3) is 0.929. The molecule has 120 valence electrons. The van der Waals surface area contributed by atoms with Crippen LogP contribution in [0.25, 0.3) is 0 Å². The van der Waals surface area contributed by atoms with Crippen LogP contribution in [0.3, 0.4) is 0 Å². The maximum Gasteiger partial charge on any atom is 0.238 e. The second kappa shape index (κ2) is 9.28. The molecule has 0 aliphatic carbocycles. The van der Waals surface area contributed by atoms with Crippen LogP contribution in [-0.2, 0) is 14.3 Å². The molecule has 0 spiro atoms. The first-order valence-electron chi connectivity index (χ1n) is 7.06. The van der Waals surface area contributed by atoms with Crippen molar-refractivity contribution in [1.82, 2.24) is 10.2 Å². The van der Waals surface area contributed by atoms with Crippen molar-refractivity contribution in [2.24, 2.45) is 5.73 Å². The maximum atomic E-state index is 11.8. The average molecular weight is 289 g/mol. The second-order valence-corrected chi connectivity index (χ2v) is 5.76. The molecule has 1 amide bonds. The number of carbonyl (C=O) groups is 1. The molecule has 2 atom stereocenters. The number of methoxy groups -OCH3 is 2. The number of rotatable bonds is 11. The summed E-state index contributed by atoms with van der Waals surface area (Å²) in [4.78, 5) is 14.0. The van der Waals surface area contributed by atoms with E-state index in [1.165, 1.54) is 0 Å². The van der Waals surface area contributed by atoms with Crippen molar-refractivity contribution in [2.45, 2.75) is 45.3 Å². The van der Waals surface area contributed by atoms with Crippen molar-refractivity contribution < 1.29 is 14.3 Å². The van der Waals surface area contributed by atoms with Gasteiger partial charge >= 0.3 is 0 Å². The van der Waals surface area contributed by atoms with Gasteiger partial charge in [0.25, 0.3) is 0 Å². The summed E-state index contributed by atoms with van der Waals surface area (Å²) in [5, 5.41) is 3.26. The molecule has 0 rings (SSSR count). The van der Waals surface area contributed by atoms with Crippen molar-refractivity contribution >= 4 is 5.91 Å². The highest BCUT2D eigenvalue weighted by Crippen LogP contribution is 2.11. The van der Waals surface area contributed by atoms with Gasteiger partial charge < -0.3 is 20.5 Å². The quantitative estimate of drug-likeness (QED) is 0.569. The third kappa shape index (κ3) is 6.65. The molecule has 0 aliphatic rings. The Kier molecular flexibility index (Phi) is 8.96. The van der Waals surface area contributed by atoms with Crippen molar-refractivity contribution in [1.29, 1.82) is 0 Å². The molecule has 0 saturated carbocycles. The van der Waals surface area contributed by atoms with Gasteiger partial charge in [-0.15, -0.1) is 0 Å². The van der Waals surface area contributed by atoms with E-state index in [-0.39, 0.29) is 18.0 Å². The van der Waals surface area contributed by atoms with Crippen LogP contribution in [0.1, 0.15) is 27.7 Å². The summed E-state index contributed by atoms with van der Waals surface area (Å²) in [6, 6.07) is 0.359. The summed E-state index contributed by atoms with van der Waals surface area (Å²) in [6.07, 6.45) is 0. The van der Waals surface area contributed by atoms with Gasteiger partial charge in [0.1, 0.15) is 5.54 Å². The van der Waals surface area contributed by atoms with E-state index in [0.29, 0.717) is 19.8 Å². The van der Waals surface area contributed by atoms with Gasteiger partial charge in [-0.2, -0.15) is 0 Å². The molecule has 0 radical (unpaired) electrons. The lowest BCUT2D eigenvalue weighted by Crippen LogP contribution is -2.62. The summed E-state index contributed by atoms with van der Waals surface area (Å²) in [5.41, 5.74) is 4.81. The van der Waals surface area contributed by atoms with Crippen molar-refractivity contribution in [3.63, 3.8) is 0 Å². The zero-order valence-corrected chi connectivity index (χ0v) is 13.7. The first-order chi connectivity index (χ1) is 9.26. The largest absolute Gasteiger partial charge is 0.383 e. The standard InChI is InChI=1S/C14H31N3O3/c1-11(2)16-14(4,13(15)18)10-17(7-8-19-5)12(3)9-20-6/h11-12,16H,7-10H2,1-6H3,(H2,15,18). The smallest absolute Gasteiger partial charge is 0.238 e. The number of nitrogens with one attached hydrogen (secondary N) is 1. The van der Waals surface area contributed by atoms with E-state index in [9.17, 15) is 4.79 Å². The van der Waals surface area contributed by atoms with Crippen LogP contribution in [0.2, 0.25) is 0 Å². The number of hydrogen-bond donors (Lipinski definition) is 2. The van der Waals surface area contributed by atoms with Crippen LogP contribution in [0.15, 0.2) is 0 Å². The van der Waals surface area contributed by atoms with Crippen LogP contribution < -0.4 is 11.1 Å². The molecule has 0 heterocycles. The minimum atomic E-state index is -0.774. The van der Waals surface area contributed by atoms with Crippen molar-refractivity contribution in [3.05, 3.63) is 0 Å². The monoisotopic (exact) mass is 289 g/mol. The molecule has 0 aromatic carbocycles. The Hall–Kier alpha value is -0.690. The van der Waals surface area contributed by atoms with Gasteiger partial charge in [0.05, 0.1) is 13.2 Å². The van der Waals surface area contributed by atoms with Gasteiger partial charge in [-0.05, 0) is 27.7 Å². The zero-order chi connectivity index (χ0) is 15.8. The fourth-order valence-corrected chi connectivity index (χ4v) is 2.25. The van der Waals surface area contributed by atoms with Crippen molar-refractivity contribution in [2.75, 3.05) is 40.5 Å². The van der Waals surface area contributed by atoms with E-state index in [1.54, 1.807) is 14.2 Å². The van der Waals surface area contributed by atoms with E-state index < -0.39 is 5.54 Å². The lowest BCUT2D eigenvalue weighted by Gasteiger charge is -2.38. The SMILES string of the molecule is COCCN(CC(C)(NC(C)C)C(N)=O)C(C)COC. The molecular weight excluding hydrogens is 258 g/mol. The Bertz CT molecular complexity index is 287. The Morgan fingerprint density at radius 2 is 1.90 bits per heavy atom. The van der Waals surface area contributed by atoms with Crippen LogP contribution in [0.4, 0.5) is 0 Å². The molecule has 0 bridgehead atoms.